The van der Waals surface area contributed by atoms with E-state index in [0.29, 0.717) is 28.3 Å². The fraction of sp³-hybridized carbons (Fsp3) is 0.158. The number of thioether (sulfide) groups is 1. The summed E-state index contributed by atoms with van der Waals surface area (Å²) in [4.78, 5) is 14.8. The molecule has 0 aliphatic carbocycles. The molecule has 29 heavy (non-hydrogen) atoms. The van der Waals surface area contributed by atoms with E-state index in [2.05, 4.69) is 25.4 Å². The van der Waals surface area contributed by atoms with Gasteiger partial charge in [-0.05, 0) is 26.0 Å². The van der Waals surface area contributed by atoms with E-state index in [9.17, 15) is 10.1 Å². The zero-order valence-corrected chi connectivity index (χ0v) is 16.4. The Morgan fingerprint density at radius 3 is 2.45 bits per heavy atom. The quantitative estimate of drug-likeness (QED) is 0.279. The summed E-state index contributed by atoms with van der Waals surface area (Å²) in [7, 11) is 0. The smallest absolute Gasteiger partial charge is 0.269 e. The molecule has 4 rings (SSSR count). The molecule has 2 heterocycles. The second kappa shape index (κ2) is 7.84. The van der Waals surface area contributed by atoms with Crippen LogP contribution in [-0.4, -0.2) is 30.3 Å². The number of aromatic nitrogens is 5. The van der Waals surface area contributed by atoms with Crippen LogP contribution in [0.2, 0.25) is 0 Å². The van der Waals surface area contributed by atoms with E-state index in [1.807, 2.05) is 38.1 Å². The lowest BCUT2D eigenvalue weighted by Gasteiger charge is -2.02. The van der Waals surface area contributed by atoms with E-state index < -0.39 is 4.92 Å². The van der Waals surface area contributed by atoms with Crippen molar-refractivity contribution in [3.63, 3.8) is 0 Å². The van der Waals surface area contributed by atoms with Gasteiger partial charge in [-0.1, -0.05) is 41.6 Å². The number of aromatic amines is 1. The average molecular weight is 408 g/mol. The third-order valence-corrected chi connectivity index (χ3v) is 5.13. The molecule has 9 nitrogen and oxygen atoms in total. The molecule has 10 heteroatoms. The minimum atomic E-state index is -0.455. The molecule has 0 aliphatic rings. The summed E-state index contributed by atoms with van der Waals surface area (Å²) in [6.45, 7) is 3.95. The Hall–Kier alpha value is -3.53. The van der Waals surface area contributed by atoms with Crippen LogP contribution in [-0.2, 0) is 0 Å². The molecular weight excluding hydrogens is 392 g/mol. The lowest BCUT2D eigenvalue weighted by atomic mass is 10.1. The van der Waals surface area contributed by atoms with Crippen molar-refractivity contribution in [2.45, 2.75) is 24.3 Å². The van der Waals surface area contributed by atoms with Gasteiger partial charge in [0.15, 0.2) is 5.82 Å². The Morgan fingerprint density at radius 1 is 1.07 bits per heavy atom. The first-order valence-corrected chi connectivity index (χ1v) is 9.62. The molecule has 1 N–H and O–H groups in total. The molecule has 0 spiro atoms. The van der Waals surface area contributed by atoms with E-state index in [1.54, 1.807) is 12.1 Å². The van der Waals surface area contributed by atoms with Crippen LogP contribution in [0.1, 0.15) is 23.6 Å². The van der Waals surface area contributed by atoms with Crippen molar-refractivity contribution in [1.82, 2.24) is 25.4 Å². The normalized spacial score (nSPS) is 12.1. The van der Waals surface area contributed by atoms with Crippen LogP contribution >= 0.6 is 11.8 Å². The zero-order valence-electron chi connectivity index (χ0n) is 15.6. The summed E-state index contributed by atoms with van der Waals surface area (Å²) in [5.41, 5.74) is 2.76. The van der Waals surface area contributed by atoms with Gasteiger partial charge in [-0.25, -0.2) is 4.98 Å². The van der Waals surface area contributed by atoms with Crippen molar-refractivity contribution in [1.29, 1.82) is 0 Å². The molecule has 0 fully saturated rings. The van der Waals surface area contributed by atoms with Crippen LogP contribution in [0, 0.1) is 17.0 Å². The van der Waals surface area contributed by atoms with Crippen molar-refractivity contribution in [3.05, 3.63) is 70.1 Å². The summed E-state index contributed by atoms with van der Waals surface area (Å²) in [5, 5.41) is 26.5. The SMILES string of the molecule is Cc1ccc(-c2nc(S[C@@H](C)c3nnc(-c4ccc([N+](=O)[O-])cc4)o3)n[nH]2)cc1. The maximum absolute atomic E-state index is 10.8. The second-order valence-corrected chi connectivity index (χ2v) is 7.65. The summed E-state index contributed by atoms with van der Waals surface area (Å²) in [5.74, 6) is 1.42. The molecule has 146 valence electrons. The number of nitro groups is 1. The number of rotatable bonds is 6. The predicted molar refractivity (Wildman–Crippen MR) is 107 cm³/mol. The van der Waals surface area contributed by atoms with Crippen molar-refractivity contribution in [2.75, 3.05) is 0 Å². The van der Waals surface area contributed by atoms with Crippen LogP contribution in [0.3, 0.4) is 0 Å². The number of aryl methyl sites for hydroxylation is 1. The predicted octanol–water partition coefficient (Wildman–Crippen LogP) is 4.59. The van der Waals surface area contributed by atoms with E-state index in [1.165, 1.54) is 29.5 Å². The fourth-order valence-electron chi connectivity index (χ4n) is 2.59. The van der Waals surface area contributed by atoms with Crippen LogP contribution in [0.25, 0.3) is 22.8 Å². The number of hydrogen-bond acceptors (Lipinski definition) is 8. The van der Waals surface area contributed by atoms with E-state index >= 15 is 0 Å². The van der Waals surface area contributed by atoms with Crippen molar-refractivity contribution >= 4 is 17.4 Å². The average Bonchev–Trinajstić information content (AvgIpc) is 3.38. The van der Waals surface area contributed by atoms with Gasteiger partial charge in [0.1, 0.15) is 0 Å². The standard InChI is InChI=1S/C19H16N6O3S/c1-11-3-5-13(6-4-11)16-20-19(24-21-16)29-12(2)17-22-23-18(28-17)14-7-9-15(10-8-14)25(26)27/h3-10,12H,1-2H3,(H,20,21,24)/t12-/m0/s1. The highest BCUT2D eigenvalue weighted by Crippen LogP contribution is 2.34. The van der Waals surface area contributed by atoms with Crippen LogP contribution in [0.5, 0.6) is 0 Å². The van der Waals surface area contributed by atoms with Crippen molar-refractivity contribution < 1.29 is 9.34 Å². The molecule has 2 aromatic heterocycles. The minimum Gasteiger partial charge on any atom is -0.419 e. The first kappa shape index (κ1) is 18.8. The van der Waals surface area contributed by atoms with Gasteiger partial charge in [0.25, 0.3) is 5.69 Å². The first-order chi connectivity index (χ1) is 14.0. The Balaban J connectivity index is 1.46. The van der Waals surface area contributed by atoms with Gasteiger partial charge in [0, 0.05) is 23.3 Å². The van der Waals surface area contributed by atoms with Crippen LogP contribution in [0.4, 0.5) is 5.69 Å². The Labute approximate surface area is 169 Å². The van der Waals surface area contributed by atoms with Crippen LogP contribution < -0.4 is 0 Å². The molecule has 4 aromatic rings. The van der Waals surface area contributed by atoms with E-state index in [0.717, 1.165) is 5.56 Å². The largest absolute Gasteiger partial charge is 0.419 e. The Bertz CT molecular complexity index is 1140. The fourth-order valence-corrected chi connectivity index (χ4v) is 3.34. The van der Waals surface area contributed by atoms with Gasteiger partial charge in [0.05, 0.1) is 10.2 Å². The Kier molecular flexibility index (Phi) is 5.09. The number of nitro benzene ring substituents is 1. The summed E-state index contributed by atoms with van der Waals surface area (Å²) < 4.78 is 5.73. The maximum atomic E-state index is 10.8. The molecule has 0 unspecified atom stereocenters. The highest BCUT2D eigenvalue weighted by atomic mass is 32.2. The summed E-state index contributed by atoms with van der Waals surface area (Å²) >= 11 is 1.39. The number of hydrogen-bond donors (Lipinski definition) is 1. The van der Waals surface area contributed by atoms with Gasteiger partial charge < -0.3 is 4.42 Å². The second-order valence-electron chi connectivity index (χ2n) is 6.34. The molecule has 0 bridgehead atoms. The maximum Gasteiger partial charge on any atom is 0.269 e. The molecule has 0 saturated carbocycles. The van der Waals surface area contributed by atoms with Gasteiger partial charge in [-0.15, -0.1) is 15.3 Å². The van der Waals surface area contributed by atoms with Crippen molar-refractivity contribution in [3.8, 4) is 22.8 Å². The first-order valence-electron chi connectivity index (χ1n) is 8.74. The van der Waals surface area contributed by atoms with E-state index in [-0.39, 0.29) is 10.9 Å². The Morgan fingerprint density at radius 2 is 1.76 bits per heavy atom. The third-order valence-electron chi connectivity index (χ3n) is 4.19. The topological polar surface area (TPSA) is 124 Å². The number of nitrogens with one attached hydrogen (secondary N) is 1. The summed E-state index contributed by atoms with van der Waals surface area (Å²) in [6.07, 6.45) is 0. The monoisotopic (exact) mass is 408 g/mol. The zero-order chi connectivity index (χ0) is 20.4. The number of benzene rings is 2. The summed E-state index contributed by atoms with van der Waals surface area (Å²) in [6, 6.07) is 14.0. The molecule has 1 atom stereocenters. The number of non-ortho nitro benzene ring substituents is 1. The highest BCUT2D eigenvalue weighted by Gasteiger charge is 2.19. The molecule has 0 saturated heterocycles. The van der Waals surface area contributed by atoms with Crippen molar-refractivity contribution in [2.24, 2.45) is 0 Å². The lowest BCUT2D eigenvalue weighted by molar-refractivity contribution is -0.384. The van der Waals surface area contributed by atoms with Crippen LogP contribution in [0.15, 0.2) is 58.1 Å². The minimum absolute atomic E-state index is 0.00593. The molecule has 0 aliphatic heterocycles. The molecule has 0 radical (unpaired) electrons. The molecule has 2 aromatic carbocycles. The number of nitrogens with zero attached hydrogens (tertiary/aromatic N) is 5. The highest BCUT2D eigenvalue weighted by molar-refractivity contribution is 7.99. The molecule has 0 amide bonds. The lowest BCUT2D eigenvalue weighted by Crippen LogP contribution is -1.89. The van der Waals surface area contributed by atoms with Gasteiger partial charge in [-0.3, -0.25) is 15.2 Å². The van der Waals surface area contributed by atoms with Gasteiger partial charge in [-0.2, -0.15) is 0 Å². The third kappa shape index (κ3) is 4.16. The number of H-pyrrole nitrogens is 1. The van der Waals surface area contributed by atoms with Gasteiger partial charge >= 0.3 is 0 Å². The molecular formula is C19H16N6O3S. The van der Waals surface area contributed by atoms with Gasteiger partial charge in [0.2, 0.25) is 16.9 Å². The van der Waals surface area contributed by atoms with E-state index in [4.69, 9.17) is 4.42 Å².